The number of rotatable bonds is 5. The largest absolute Gasteiger partial charge is 0.454 e. The highest BCUT2D eigenvalue weighted by Crippen LogP contribution is 2.32. The van der Waals surface area contributed by atoms with Crippen molar-refractivity contribution in [2.45, 2.75) is 26.3 Å². The molecule has 0 radical (unpaired) electrons. The third-order valence-electron chi connectivity index (χ3n) is 4.38. The van der Waals surface area contributed by atoms with Crippen molar-refractivity contribution >= 4 is 16.9 Å². The maximum absolute atomic E-state index is 12.8. The number of benzene rings is 2. The maximum atomic E-state index is 12.8. The molecule has 4 rings (SSSR count). The lowest BCUT2D eigenvalue weighted by Crippen LogP contribution is -2.30. The molecule has 6 nitrogen and oxygen atoms in total. The summed E-state index contributed by atoms with van der Waals surface area (Å²) in [5.41, 5.74) is 2.40. The van der Waals surface area contributed by atoms with Gasteiger partial charge in [-0.05, 0) is 42.7 Å². The van der Waals surface area contributed by atoms with Crippen molar-refractivity contribution < 1.29 is 14.3 Å². The van der Waals surface area contributed by atoms with Crippen LogP contribution in [0.3, 0.4) is 0 Å². The molecule has 3 aromatic rings. The third-order valence-corrected chi connectivity index (χ3v) is 4.38. The predicted octanol–water partition coefficient (Wildman–Crippen LogP) is 3.81. The van der Waals surface area contributed by atoms with Gasteiger partial charge < -0.3 is 19.8 Å². The fraction of sp³-hybridized carbons (Fsp3) is 0.300. The zero-order chi connectivity index (χ0) is 18.1. The summed E-state index contributed by atoms with van der Waals surface area (Å²) in [7, 11) is 0. The van der Waals surface area contributed by atoms with Crippen LogP contribution in [0.5, 0.6) is 11.5 Å². The average Bonchev–Trinajstić information content (AvgIpc) is 3.26. The van der Waals surface area contributed by atoms with Gasteiger partial charge in [-0.25, -0.2) is 4.98 Å². The molecule has 1 unspecified atom stereocenters. The van der Waals surface area contributed by atoms with E-state index < -0.39 is 0 Å². The van der Waals surface area contributed by atoms with Gasteiger partial charge in [0.15, 0.2) is 11.5 Å². The minimum Gasteiger partial charge on any atom is -0.454 e. The second-order valence-electron chi connectivity index (χ2n) is 6.86. The van der Waals surface area contributed by atoms with Gasteiger partial charge in [0.05, 0.1) is 17.1 Å². The van der Waals surface area contributed by atoms with Gasteiger partial charge in [0.2, 0.25) is 6.79 Å². The zero-order valence-electron chi connectivity index (χ0n) is 14.8. The van der Waals surface area contributed by atoms with Gasteiger partial charge in [0.1, 0.15) is 5.82 Å². The second kappa shape index (κ2) is 6.71. The highest BCUT2D eigenvalue weighted by molar-refractivity contribution is 5.95. The molecule has 26 heavy (non-hydrogen) atoms. The SMILES string of the molecule is CC(C)CC(NC(=O)c1ccc2c(c1)OCO2)c1nc2ccccc2[nH]1. The van der Waals surface area contributed by atoms with Crippen LogP contribution in [0.15, 0.2) is 42.5 Å². The number of aromatic amines is 1. The van der Waals surface area contributed by atoms with Crippen molar-refractivity contribution in [2.75, 3.05) is 6.79 Å². The fourth-order valence-electron chi connectivity index (χ4n) is 3.13. The number of H-pyrrole nitrogens is 1. The summed E-state index contributed by atoms with van der Waals surface area (Å²) in [4.78, 5) is 20.8. The zero-order valence-corrected chi connectivity index (χ0v) is 14.8. The minimum absolute atomic E-state index is 0.158. The quantitative estimate of drug-likeness (QED) is 0.733. The van der Waals surface area contributed by atoms with Crippen molar-refractivity contribution in [2.24, 2.45) is 5.92 Å². The highest BCUT2D eigenvalue weighted by Gasteiger charge is 2.22. The Morgan fingerprint density at radius 2 is 2.00 bits per heavy atom. The van der Waals surface area contributed by atoms with Gasteiger partial charge in [-0.15, -0.1) is 0 Å². The predicted molar refractivity (Wildman–Crippen MR) is 98.3 cm³/mol. The van der Waals surface area contributed by atoms with Crippen molar-refractivity contribution in [1.29, 1.82) is 0 Å². The fourth-order valence-corrected chi connectivity index (χ4v) is 3.13. The number of nitrogens with zero attached hydrogens (tertiary/aromatic N) is 1. The molecule has 0 bridgehead atoms. The van der Waals surface area contributed by atoms with Gasteiger partial charge in [0, 0.05) is 5.56 Å². The lowest BCUT2D eigenvalue weighted by molar-refractivity contribution is 0.0929. The molecule has 0 aliphatic carbocycles. The van der Waals surface area contributed by atoms with Crippen molar-refractivity contribution in [1.82, 2.24) is 15.3 Å². The Labute approximate surface area is 151 Å². The van der Waals surface area contributed by atoms with E-state index in [9.17, 15) is 4.79 Å². The van der Waals surface area contributed by atoms with Crippen molar-refractivity contribution in [3.05, 3.63) is 53.9 Å². The number of imidazole rings is 1. The molecular weight excluding hydrogens is 330 g/mol. The van der Waals surface area contributed by atoms with E-state index in [2.05, 4.69) is 29.1 Å². The molecule has 6 heteroatoms. The van der Waals surface area contributed by atoms with Gasteiger partial charge >= 0.3 is 0 Å². The number of carbonyl (C=O) groups is 1. The lowest BCUT2D eigenvalue weighted by atomic mass is 10.0. The Balaban J connectivity index is 1.59. The summed E-state index contributed by atoms with van der Waals surface area (Å²) in [6.07, 6.45) is 0.788. The molecule has 1 atom stereocenters. The van der Waals surface area contributed by atoms with Crippen LogP contribution in [0.1, 0.15) is 42.5 Å². The van der Waals surface area contributed by atoms with E-state index in [0.717, 1.165) is 23.3 Å². The van der Waals surface area contributed by atoms with E-state index in [1.165, 1.54) is 0 Å². The van der Waals surface area contributed by atoms with E-state index in [-0.39, 0.29) is 18.7 Å². The number of nitrogens with one attached hydrogen (secondary N) is 2. The monoisotopic (exact) mass is 351 g/mol. The molecule has 0 saturated carbocycles. The number of amides is 1. The molecule has 2 heterocycles. The second-order valence-corrected chi connectivity index (χ2v) is 6.86. The summed E-state index contributed by atoms with van der Waals surface area (Å²) < 4.78 is 10.7. The molecular formula is C20H21N3O3. The van der Waals surface area contributed by atoms with E-state index in [1.807, 2.05) is 24.3 Å². The van der Waals surface area contributed by atoms with Crippen molar-refractivity contribution in [3.63, 3.8) is 0 Å². The Kier molecular flexibility index (Phi) is 4.24. The number of carbonyl (C=O) groups excluding carboxylic acids is 1. The number of ether oxygens (including phenoxy) is 2. The Morgan fingerprint density at radius 3 is 2.81 bits per heavy atom. The number of hydrogen-bond donors (Lipinski definition) is 2. The summed E-state index contributed by atoms with van der Waals surface area (Å²) >= 11 is 0. The standard InChI is InChI=1S/C20H21N3O3/c1-12(2)9-16(19-21-14-5-3-4-6-15(14)22-19)23-20(24)13-7-8-17-18(10-13)26-11-25-17/h3-8,10,12,16H,9,11H2,1-2H3,(H,21,22)(H,23,24). The van der Waals surface area contributed by atoms with Crippen LogP contribution in [0.2, 0.25) is 0 Å². The van der Waals surface area contributed by atoms with Crippen LogP contribution in [-0.2, 0) is 0 Å². The smallest absolute Gasteiger partial charge is 0.252 e. The number of aromatic nitrogens is 2. The molecule has 1 amide bonds. The highest BCUT2D eigenvalue weighted by atomic mass is 16.7. The van der Waals surface area contributed by atoms with E-state index >= 15 is 0 Å². The first-order valence-electron chi connectivity index (χ1n) is 8.75. The third kappa shape index (κ3) is 3.22. The normalized spacial score (nSPS) is 14.0. The first-order valence-corrected chi connectivity index (χ1v) is 8.75. The van der Waals surface area contributed by atoms with Gasteiger partial charge in [-0.1, -0.05) is 26.0 Å². The van der Waals surface area contributed by atoms with Crippen LogP contribution in [0.4, 0.5) is 0 Å². The topological polar surface area (TPSA) is 76.2 Å². The number of fused-ring (bicyclic) bond motifs is 2. The molecule has 2 N–H and O–H groups in total. The summed E-state index contributed by atoms with van der Waals surface area (Å²) in [6, 6.07) is 12.9. The van der Waals surface area contributed by atoms with Gasteiger partial charge in [-0.2, -0.15) is 0 Å². The molecule has 1 aliphatic rings. The van der Waals surface area contributed by atoms with E-state index in [1.54, 1.807) is 18.2 Å². The maximum Gasteiger partial charge on any atom is 0.252 e. The van der Waals surface area contributed by atoms with E-state index in [0.29, 0.717) is 23.0 Å². The van der Waals surface area contributed by atoms with Crippen LogP contribution in [0, 0.1) is 5.92 Å². The Morgan fingerprint density at radius 1 is 1.19 bits per heavy atom. The molecule has 0 saturated heterocycles. The molecule has 1 aromatic heterocycles. The number of hydrogen-bond acceptors (Lipinski definition) is 4. The molecule has 1 aliphatic heterocycles. The van der Waals surface area contributed by atoms with Crippen LogP contribution < -0.4 is 14.8 Å². The molecule has 2 aromatic carbocycles. The van der Waals surface area contributed by atoms with Crippen molar-refractivity contribution in [3.8, 4) is 11.5 Å². The molecule has 0 spiro atoms. The summed E-state index contributed by atoms with van der Waals surface area (Å²) in [5.74, 6) is 2.29. The summed E-state index contributed by atoms with van der Waals surface area (Å²) in [5, 5.41) is 3.10. The van der Waals surface area contributed by atoms with Gasteiger partial charge in [0.25, 0.3) is 5.91 Å². The first kappa shape index (κ1) is 16.4. The molecule has 134 valence electrons. The molecule has 0 fully saturated rings. The minimum atomic E-state index is -0.194. The van der Waals surface area contributed by atoms with Crippen LogP contribution >= 0.6 is 0 Å². The number of para-hydroxylation sites is 2. The lowest BCUT2D eigenvalue weighted by Gasteiger charge is -2.19. The van der Waals surface area contributed by atoms with Crippen LogP contribution in [0.25, 0.3) is 11.0 Å². The van der Waals surface area contributed by atoms with Gasteiger partial charge in [-0.3, -0.25) is 4.79 Å². The van der Waals surface area contributed by atoms with E-state index in [4.69, 9.17) is 9.47 Å². The Hall–Kier alpha value is -3.02. The average molecular weight is 351 g/mol. The first-order chi connectivity index (χ1) is 12.6. The van der Waals surface area contributed by atoms with Crippen LogP contribution in [-0.4, -0.2) is 22.7 Å². The Bertz CT molecular complexity index is 915. The summed E-state index contributed by atoms with van der Waals surface area (Å²) in [6.45, 7) is 4.44.